The van der Waals surface area contributed by atoms with Gasteiger partial charge in [-0.05, 0) is 29.9 Å². The monoisotopic (exact) mass is 234 g/mol. The van der Waals surface area contributed by atoms with Crippen molar-refractivity contribution >= 4 is 24.8 Å². The van der Waals surface area contributed by atoms with Crippen LogP contribution in [0.25, 0.3) is 0 Å². The van der Waals surface area contributed by atoms with Gasteiger partial charge in [0.2, 0.25) is 0 Å². The average molecular weight is 235 g/mol. The molecule has 2 nitrogen and oxygen atoms in total. The van der Waals surface area contributed by atoms with Crippen molar-refractivity contribution in [2.75, 3.05) is 0 Å². The minimum Gasteiger partial charge on any atom is -0.326 e. The van der Waals surface area contributed by atoms with Crippen molar-refractivity contribution in [1.29, 1.82) is 0 Å². The second kappa shape index (κ2) is 6.23. The molecule has 14 heavy (non-hydrogen) atoms. The topological polar surface area (TPSA) is 38.9 Å². The van der Waals surface area contributed by atoms with Crippen LogP contribution in [0, 0.1) is 0 Å². The number of hydrogen-bond donors (Lipinski definition) is 1. The summed E-state index contributed by atoms with van der Waals surface area (Å²) in [4.78, 5) is 4.18. The summed E-state index contributed by atoms with van der Waals surface area (Å²) in [7, 11) is 0. The Kier molecular flexibility index (Phi) is 6.09. The molecule has 2 N–H and O–H groups in total. The van der Waals surface area contributed by atoms with E-state index < -0.39 is 0 Å². The first kappa shape index (κ1) is 13.7. The zero-order chi connectivity index (χ0) is 8.39. The zero-order valence-electron chi connectivity index (χ0n) is 7.98. The van der Waals surface area contributed by atoms with Crippen molar-refractivity contribution in [2.45, 2.75) is 31.7 Å². The van der Waals surface area contributed by atoms with Gasteiger partial charge in [0.25, 0.3) is 0 Å². The lowest BCUT2D eigenvalue weighted by Crippen LogP contribution is -2.10. The first-order chi connectivity index (χ1) is 5.90. The highest BCUT2D eigenvalue weighted by atomic mass is 35.5. The molecule has 0 amide bonds. The molecule has 0 atom stereocenters. The third-order valence-corrected chi connectivity index (χ3v) is 2.63. The molecule has 0 bridgehead atoms. The molecule has 1 aromatic heterocycles. The Morgan fingerprint density at radius 2 is 2.00 bits per heavy atom. The molecule has 0 radical (unpaired) electrons. The van der Waals surface area contributed by atoms with E-state index in [9.17, 15) is 0 Å². The Balaban J connectivity index is 0.000000845. The van der Waals surface area contributed by atoms with E-state index in [0.717, 1.165) is 11.5 Å². The van der Waals surface area contributed by atoms with E-state index in [1.807, 2.05) is 12.4 Å². The average Bonchev–Trinajstić information content (AvgIpc) is 2.02. The fourth-order valence-corrected chi connectivity index (χ4v) is 1.58. The van der Waals surface area contributed by atoms with E-state index in [4.69, 9.17) is 5.73 Å². The predicted octanol–water partition coefficient (Wildman–Crippen LogP) is 2.65. The van der Waals surface area contributed by atoms with Crippen LogP contribution in [-0.4, -0.2) is 4.98 Å². The summed E-state index contributed by atoms with van der Waals surface area (Å²) >= 11 is 0. The largest absolute Gasteiger partial charge is 0.326 e. The number of hydrogen-bond acceptors (Lipinski definition) is 2. The Morgan fingerprint density at radius 3 is 2.50 bits per heavy atom. The summed E-state index contributed by atoms with van der Waals surface area (Å²) in [6, 6.07) is 2.19. The highest BCUT2D eigenvalue weighted by molar-refractivity contribution is 5.85. The van der Waals surface area contributed by atoms with Crippen molar-refractivity contribution in [3.63, 3.8) is 0 Å². The fraction of sp³-hybridized carbons (Fsp3) is 0.500. The standard InChI is InChI=1S/C10H14N2.2ClH/c11-5-8-4-10(7-12-6-8)9-2-1-3-9;;/h4,6-7,9H,1-3,5,11H2;2*1H. The van der Waals surface area contributed by atoms with E-state index in [0.29, 0.717) is 6.54 Å². The van der Waals surface area contributed by atoms with Crippen LogP contribution in [-0.2, 0) is 6.54 Å². The van der Waals surface area contributed by atoms with Gasteiger partial charge in [-0.15, -0.1) is 24.8 Å². The summed E-state index contributed by atoms with van der Waals surface area (Å²) in [6.07, 6.45) is 7.86. The van der Waals surface area contributed by atoms with Crippen LogP contribution in [0.4, 0.5) is 0 Å². The molecule has 2 rings (SSSR count). The van der Waals surface area contributed by atoms with Crippen molar-refractivity contribution in [3.8, 4) is 0 Å². The van der Waals surface area contributed by atoms with Gasteiger partial charge in [-0.3, -0.25) is 4.98 Å². The Morgan fingerprint density at radius 1 is 1.29 bits per heavy atom. The Hall–Kier alpha value is -0.310. The van der Waals surface area contributed by atoms with Gasteiger partial charge in [0.1, 0.15) is 0 Å². The van der Waals surface area contributed by atoms with Crippen LogP contribution in [0.2, 0.25) is 0 Å². The molecule has 1 heterocycles. The normalized spacial score (nSPS) is 14.9. The number of pyridine rings is 1. The lowest BCUT2D eigenvalue weighted by molar-refractivity contribution is 0.418. The van der Waals surface area contributed by atoms with Crippen molar-refractivity contribution in [2.24, 2.45) is 5.73 Å². The number of nitrogens with two attached hydrogens (primary N) is 1. The molecule has 1 aliphatic rings. The van der Waals surface area contributed by atoms with Gasteiger partial charge in [-0.2, -0.15) is 0 Å². The maximum absolute atomic E-state index is 5.54. The van der Waals surface area contributed by atoms with Crippen molar-refractivity contribution < 1.29 is 0 Å². The molecular weight excluding hydrogens is 219 g/mol. The number of nitrogens with zero attached hydrogens (tertiary/aromatic N) is 1. The minimum atomic E-state index is 0. The van der Waals surface area contributed by atoms with Gasteiger partial charge in [-0.1, -0.05) is 12.5 Å². The Bertz CT molecular complexity index is 275. The van der Waals surface area contributed by atoms with Gasteiger partial charge in [0.15, 0.2) is 0 Å². The summed E-state index contributed by atoms with van der Waals surface area (Å²) in [6.45, 7) is 0.605. The first-order valence-electron chi connectivity index (χ1n) is 4.54. The molecule has 1 aliphatic carbocycles. The molecule has 1 aromatic rings. The molecule has 1 fully saturated rings. The Labute approximate surface area is 97.1 Å². The highest BCUT2D eigenvalue weighted by Gasteiger charge is 2.19. The molecule has 0 unspecified atom stereocenters. The maximum Gasteiger partial charge on any atom is 0.0312 e. The molecular formula is C10H16Cl2N2. The third kappa shape index (κ3) is 2.84. The SMILES string of the molecule is Cl.Cl.NCc1cncc(C2CCC2)c1. The van der Waals surface area contributed by atoms with Crippen LogP contribution in [0.1, 0.15) is 36.3 Å². The number of rotatable bonds is 2. The molecule has 0 spiro atoms. The van der Waals surface area contributed by atoms with Crippen LogP contribution in [0.15, 0.2) is 18.5 Å². The molecule has 4 heteroatoms. The highest BCUT2D eigenvalue weighted by Crippen LogP contribution is 2.35. The van der Waals surface area contributed by atoms with Crippen LogP contribution in [0.5, 0.6) is 0 Å². The first-order valence-corrected chi connectivity index (χ1v) is 4.54. The number of halogens is 2. The lowest BCUT2D eigenvalue weighted by Gasteiger charge is -2.25. The second-order valence-corrected chi connectivity index (χ2v) is 3.46. The van der Waals surface area contributed by atoms with E-state index in [2.05, 4.69) is 11.1 Å². The van der Waals surface area contributed by atoms with Crippen molar-refractivity contribution in [3.05, 3.63) is 29.6 Å². The van der Waals surface area contributed by atoms with Gasteiger partial charge < -0.3 is 5.73 Å². The van der Waals surface area contributed by atoms with E-state index in [1.54, 1.807) is 0 Å². The van der Waals surface area contributed by atoms with E-state index >= 15 is 0 Å². The van der Waals surface area contributed by atoms with Crippen LogP contribution in [0.3, 0.4) is 0 Å². The lowest BCUT2D eigenvalue weighted by atomic mass is 9.80. The number of aromatic nitrogens is 1. The van der Waals surface area contributed by atoms with Crippen LogP contribution >= 0.6 is 24.8 Å². The van der Waals surface area contributed by atoms with Crippen molar-refractivity contribution in [1.82, 2.24) is 4.98 Å². The molecule has 0 saturated heterocycles. The summed E-state index contributed by atoms with van der Waals surface area (Å²) in [5, 5.41) is 0. The van der Waals surface area contributed by atoms with Gasteiger partial charge >= 0.3 is 0 Å². The zero-order valence-corrected chi connectivity index (χ0v) is 9.61. The van der Waals surface area contributed by atoms with Gasteiger partial charge in [-0.25, -0.2) is 0 Å². The van der Waals surface area contributed by atoms with E-state index in [-0.39, 0.29) is 24.8 Å². The minimum absolute atomic E-state index is 0. The third-order valence-electron chi connectivity index (χ3n) is 2.63. The second-order valence-electron chi connectivity index (χ2n) is 3.46. The van der Waals surface area contributed by atoms with Gasteiger partial charge in [0, 0.05) is 18.9 Å². The molecule has 0 aromatic carbocycles. The molecule has 80 valence electrons. The quantitative estimate of drug-likeness (QED) is 0.855. The van der Waals surface area contributed by atoms with E-state index in [1.165, 1.54) is 24.8 Å². The fourth-order valence-electron chi connectivity index (χ4n) is 1.58. The molecule has 1 saturated carbocycles. The summed E-state index contributed by atoms with van der Waals surface area (Å²) in [5.74, 6) is 0.768. The predicted molar refractivity (Wildman–Crippen MR) is 63.2 cm³/mol. The molecule has 0 aliphatic heterocycles. The summed E-state index contributed by atoms with van der Waals surface area (Å²) < 4.78 is 0. The van der Waals surface area contributed by atoms with Crippen LogP contribution < -0.4 is 5.73 Å². The van der Waals surface area contributed by atoms with Gasteiger partial charge in [0.05, 0.1) is 0 Å². The smallest absolute Gasteiger partial charge is 0.0312 e. The summed E-state index contributed by atoms with van der Waals surface area (Å²) in [5.41, 5.74) is 8.07. The maximum atomic E-state index is 5.54.